The molecular formula is C16H33NO. The highest BCUT2D eigenvalue weighted by atomic mass is 16.5. The molecule has 0 aromatic carbocycles. The first-order valence-electron chi connectivity index (χ1n) is 8.14. The minimum Gasteiger partial charge on any atom is -0.376 e. The quantitative estimate of drug-likeness (QED) is 0.615. The summed E-state index contributed by atoms with van der Waals surface area (Å²) in [6.45, 7) is 11.3. The molecule has 0 spiro atoms. The van der Waals surface area contributed by atoms with Crippen LogP contribution in [-0.2, 0) is 4.74 Å². The van der Waals surface area contributed by atoms with Gasteiger partial charge in [-0.3, -0.25) is 4.90 Å². The zero-order valence-electron chi connectivity index (χ0n) is 12.8. The molecule has 108 valence electrons. The van der Waals surface area contributed by atoms with Crippen LogP contribution in [0.15, 0.2) is 0 Å². The topological polar surface area (TPSA) is 12.5 Å². The lowest BCUT2D eigenvalue weighted by Crippen LogP contribution is -2.42. The van der Waals surface area contributed by atoms with E-state index in [1.54, 1.807) is 0 Å². The second kappa shape index (κ2) is 9.80. The Balaban J connectivity index is 2.15. The molecule has 2 heteroatoms. The second-order valence-electron chi connectivity index (χ2n) is 5.76. The Labute approximate surface area is 114 Å². The first-order valence-corrected chi connectivity index (χ1v) is 8.14. The number of hydrogen-bond acceptors (Lipinski definition) is 2. The Morgan fingerprint density at radius 3 is 2.44 bits per heavy atom. The summed E-state index contributed by atoms with van der Waals surface area (Å²) in [5.74, 6) is 0.964. The predicted molar refractivity (Wildman–Crippen MR) is 79.0 cm³/mol. The molecule has 0 amide bonds. The van der Waals surface area contributed by atoms with Crippen LogP contribution in [-0.4, -0.2) is 37.2 Å². The molecule has 1 saturated heterocycles. The zero-order chi connectivity index (χ0) is 13.2. The van der Waals surface area contributed by atoms with E-state index >= 15 is 0 Å². The third-order valence-electron chi connectivity index (χ3n) is 4.20. The molecule has 1 aliphatic heterocycles. The number of ether oxygens (including phenoxy) is 1. The molecule has 1 heterocycles. The van der Waals surface area contributed by atoms with Crippen molar-refractivity contribution in [2.75, 3.05) is 26.2 Å². The fourth-order valence-corrected chi connectivity index (χ4v) is 3.13. The molecule has 0 N–H and O–H groups in total. The lowest BCUT2D eigenvalue weighted by atomic mass is 9.92. The summed E-state index contributed by atoms with van der Waals surface area (Å²) in [5, 5.41) is 0. The maximum absolute atomic E-state index is 5.87. The lowest BCUT2D eigenvalue weighted by molar-refractivity contribution is -0.0316. The molecule has 0 aliphatic carbocycles. The summed E-state index contributed by atoms with van der Waals surface area (Å²) in [4.78, 5) is 2.52. The summed E-state index contributed by atoms with van der Waals surface area (Å²) >= 11 is 0. The molecule has 0 saturated carbocycles. The minimum absolute atomic E-state index is 0.502. The van der Waals surface area contributed by atoms with E-state index in [2.05, 4.69) is 25.7 Å². The van der Waals surface area contributed by atoms with E-state index in [-0.39, 0.29) is 0 Å². The van der Waals surface area contributed by atoms with Crippen molar-refractivity contribution in [2.45, 2.75) is 71.8 Å². The third kappa shape index (κ3) is 6.19. The summed E-state index contributed by atoms with van der Waals surface area (Å²) in [7, 11) is 0. The highest BCUT2D eigenvalue weighted by Crippen LogP contribution is 2.21. The van der Waals surface area contributed by atoms with Gasteiger partial charge in [0, 0.05) is 13.1 Å². The van der Waals surface area contributed by atoms with Gasteiger partial charge < -0.3 is 4.74 Å². The van der Waals surface area contributed by atoms with Gasteiger partial charge in [-0.1, -0.05) is 59.3 Å². The van der Waals surface area contributed by atoms with Crippen LogP contribution < -0.4 is 0 Å². The van der Waals surface area contributed by atoms with Gasteiger partial charge in [-0.15, -0.1) is 0 Å². The molecule has 1 rings (SSSR count). The van der Waals surface area contributed by atoms with Crippen molar-refractivity contribution in [2.24, 2.45) is 5.92 Å². The molecule has 0 bridgehead atoms. The fourth-order valence-electron chi connectivity index (χ4n) is 3.13. The first-order chi connectivity index (χ1) is 8.80. The fraction of sp³-hybridized carbons (Fsp3) is 1.00. The van der Waals surface area contributed by atoms with Gasteiger partial charge in [-0.05, 0) is 18.9 Å². The number of rotatable bonds is 9. The van der Waals surface area contributed by atoms with Crippen molar-refractivity contribution >= 4 is 0 Å². The Bertz CT molecular complexity index is 190. The Hall–Kier alpha value is -0.0800. The SMILES string of the molecule is CCCC(CCC)CCCC1CN(CC)CCO1. The van der Waals surface area contributed by atoms with E-state index in [0.29, 0.717) is 6.10 Å². The van der Waals surface area contributed by atoms with E-state index in [4.69, 9.17) is 4.74 Å². The Morgan fingerprint density at radius 1 is 1.11 bits per heavy atom. The van der Waals surface area contributed by atoms with Crippen LogP contribution >= 0.6 is 0 Å². The lowest BCUT2D eigenvalue weighted by Gasteiger charge is -2.32. The van der Waals surface area contributed by atoms with Gasteiger partial charge in [0.2, 0.25) is 0 Å². The molecule has 1 aliphatic rings. The summed E-state index contributed by atoms with van der Waals surface area (Å²) in [5.41, 5.74) is 0. The van der Waals surface area contributed by atoms with Gasteiger partial charge in [0.25, 0.3) is 0 Å². The van der Waals surface area contributed by atoms with Crippen molar-refractivity contribution in [3.8, 4) is 0 Å². The first kappa shape index (κ1) is 16.0. The maximum Gasteiger partial charge on any atom is 0.0702 e. The molecule has 2 nitrogen and oxygen atoms in total. The van der Waals surface area contributed by atoms with Gasteiger partial charge in [0.05, 0.1) is 12.7 Å². The number of nitrogens with zero attached hydrogens (tertiary/aromatic N) is 1. The molecular weight excluding hydrogens is 222 g/mol. The zero-order valence-corrected chi connectivity index (χ0v) is 12.8. The van der Waals surface area contributed by atoms with E-state index in [0.717, 1.165) is 25.6 Å². The standard InChI is InChI=1S/C16H33NO/c1-4-8-15(9-5-2)10-7-11-16-14-17(6-3)12-13-18-16/h15-16H,4-14H2,1-3H3. The minimum atomic E-state index is 0.502. The van der Waals surface area contributed by atoms with Crippen LogP contribution in [0.25, 0.3) is 0 Å². The summed E-state index contributed by atoms with van der Waals surface area (Å²) < 4.78 is 5.87. The molecule has 1 unspecified atom stereocenters. The maximum atomic E-state index is 5.87. The largest absolute Gasteiger partial charge is 0.376 e. The van der Waals surface area contributed by atoms with Crippen LogP contribution in [0.3, 0.4) is 0 Å². The monoisotopic (exact) mass is 255 g/mol. The van der Waals surface area contributed by atoms with Crippen molar-refractivity contribution in [3.05, 3.63) is 0 Å². The van der Waals surface area contributed by atoms with Gasteiger partial charge in [-0.25, -0.2) is 0 Å². The van der Waals surface area contributed by atoms with Crippen LogP contribution in [0.1, 0.15) is 65.7 Å². The van der Waals surface area contributed by atoms with Crippen LogP contribution in [0.4, 0.5) is 0 Å². The van der Waals surface area contributed by atoms with Gasteiger partial charge in [-0.2, -0.15) is 0 Å². The predicted octanol–water partition coefficient (Wildman–Crippen LogP) is 4.09. The Kier molecular flexibility index (Phi) is 8.70. The molecule has 0 aromatic heterocycles. The molecule has 1 atom stereocenters. The smallest absolute Gasteiger partial charge is 0.0702 e. The molecule has 18 heavy (non-hydrogen) atoms. The third-order valence-corrected chi connectivity index (χ3v) is 4.20. The van der Waals surface area contributed by atoms with E-state index in [1.807, 2.05) is 0 Å². The molecule has 0 radical (unpaired) electrons. The molecule has 1 fully saturated rings. The van der Waals surface area contributed by atoms with Crippen molar-refractivity contribution in [3.63, 3.8) is 0 Å². The average molecular weight is 255 g/mol. The number of hydrogen-bond donors (Lipinski definition) is 0. The van der Waals surface area contributed by atoms with Crippen LogP contribution in [0.2, 0.25) is 0 Å². The van der Waals surface area contributed by atoms with E-state index in [9.17, 15) is 0 Å². The highest BCUT2D eigenvalue weighted by molar-refractivity contribution is 4.71. The normalized spacial score (nSPS) is 21.7. The van der Waals surface area contributed by atoms with E-state index < -0.39 is 0 Å². The Morgan fingerprint density at radius 2 is 1.83 bits per heavy atom. The van der Waals surface area contributed by atoms with Crippen molar-refractivity contribution in [1.82, 2.24) is 4.90 Å². The van der Waals surface area contributed by atoms with Gasteiger partial charge in [0.15, 0.2) is 0 Å². The van der Waals surface area contributed by atoms with Crippen molar-refractivity contribution in [1.29, 1.82) is 0 Å². The highest BCUT2D eigenvalue weighted by Gasteiger charge is 2.19. The van der Waals surface area contributed by atoms with Crippen molar-refractivity contribution < 1.29 is 4.74 Å². The second-order valence-corrected chi connectivity index (χ2v) is 5.76. The van der Waals surface area contributed by atoms with Crippen LogP contribution in [0, 0.1) is 5.92 Å². The van der Waals surface area contributed by atoms with Gasteiger partial charge >= 0.3 is 0 Å². The number of likely N-dealkylation sites (N-methyl/N-ethyl adjacent to an activating group) is 1. The average Bonchev–Trinajstić information content (AvgIpc) is 2.39. The summed E-state index contributed by atoms with van der Waals surface area (Å²) in [6, 6.07) is 0. The van der Waals surface area contributed by atoms with Gasteiger partial charge in [0.1, 0.15) is 0 Å². The van der Waals surface area contributed by atoms with E-state index in [1.165, 1.54) is 51.5 Å². The molecule has 0 aromatic rings. The summed E-state index contributed by atoms with van der Waals surface area (Å²) in [6.07, 6.45) is 10.0. The number of morpholine rings is 1. The van der Waals surface area contributed by atoms with Crippen LogP contribution in [0.5, 0.6) is 0 Å².